The third-order valence-corrected chi connectivity index (χ3v) is 2.42. The van der Waals surface area contributed by atoms with E-state index in [0.717, 1.165) is 11.5 Å². The molecule has 0 aromatic heterocycles. The van der Waals surface area contributed by atoms with Crippen molar-refractivity contribution in [3.8, 4) is 11.5 Å². The second kappa shape index (κ2) is 7.18. The van der Waals surface area contributed by atoms with E-state index in [2.05, 4.69) is 0 Å². The van der Waals surface area contributed by atoms with E-state index in [1.165, 1.54) is 0 Å². The monoisotopic (exact) mass is 278 g/mol. The van der Waals surface area contributed by atoms with Crippen molar-refractivity contribution >= 4 is 12.4 Å². The van der Waals surface area contributed by atoms with Gasteiger partial charge >= 0.3 is 95.4 Å². The molecule has 2 aromatic carbocycles. The van der Waals surface area contributed by atoms with Crippen LogP contribution < -0.4 is 7.64 Å². The number of halogens is 1. The summed E-state index contributed by atoms with van der Waals surface area (Å²) in [5, 5.41) is 0. The molecule has 0 bridgehead atoms. The Bertz CT molecular complexity index is 355. The van der Waals surface area contributed by atoms with E-state index >= 15 is 0 Å². The van der Waals surface area contributed by atoms with Crippen LogP contribution in [0.25, 0.3) is 0 Å². The fraction of sp³-hybridized carbons (Fsp3) is 0. The van der Waals surface area contributed by atoms with Gasteiger partial charge in [0.15, 0.2) is 0 Å². The van der Waals surface area contributed by atoms with Crippen molar-refractivity contribution in [1.29, 1.82) is 0 Å². The third kappa shape index (κ3) is 4.15. The summed E-state index contributed by atoms with van der Waals surface area (Å²) in [6.45, 7) is 0. The Hall–Kier alpha value is -1.15. The van der Waals surface area contributed by atoms with Gasteiger partial charge < -0.3 is 0 Å². The predicted molar refractivity (Wildman–Crippen MR) is 61.4 cm³/mol. The Morgan fingerprint density at radius 2 is 1.00 bits per heavy atom. The number of para-hydroxylation sites is 2. The first kappa shape index (κ1) is 12.9. The van der Waals surface area contributed by atoms with Crippen LogP contribution in [0.1, 0.15) is 0 Å². The molecule has 0 radical (unpaired) electrons. The summed E-state index contributed by atoms with van der Waals surface area (Å²) in [6, 6.07) is 19.2. The number of hydrogen-bond donors (Lipinski definition) is 0. The van der Waals surface area contributed by atoms with E-state index in [1.807, 2.05) is 60.7 Å². The van der Waals surface area contributed by atoms with E-state index < -0.39 is 0 Å². The quantitative estimate of drug-likeness (QED) is 0.797. The van der Waals surface area contributed by atoms with Gasteiger partial charge in [0, 0.05) is 0 Å². The Kier molecular flexibility index (Phi) is 5.79. The zero-order chi connectivity index (χ0) is 10.3. The third-order valence-electron chi connectivity index (χ3n) is 1.71. The molecule has 0 saturated carbocycles. The molecule has 0 amide bonds. The second-order valence-electron chi connectivity index (χ2n) is 2.83. The maximum atomic E-state index is 5.39. The molecular weight excluding hydrogens is 267 g/mol. The van der Waals surface area contributed by atoms with Crippen LogP contribution in [-0.2, 0) is 15.6 Å². The summed E-state index contributed by atoms with van der Waals surface area (Å²) in [6.07, 6.45) is 0. The molecule has 2 nitrogen and oxygen atoms in total. The fourth-order valence-corrected chi connectivity index (χ4v) is 1.58. The molecule has 0 saturated heterocycles. The summed E-state index contributed by atoms with van der Waals surface area (Å²) in [4.78, 5) is 0. The van der Waals surface area contributed by atoms with Gasteiger partial charge in [-0.3, -0.25) is 0 Å². The Morgan fingerprint density at radius 1 is 0.625 bits per heavy atom. The van der Waals surface area contributed by atoms with Crippen molar-refractivity contribution in [3.05, 3.63) is 60.7 Å². The molecular formula is C12H11ClFeO2. The molecule has 0 spiro atoms. The van der Waals surface area contributed by atoms with Crippen molar-refractivity contribution in [2.75, 3.05) is 0 Å². The van der Waals surface area contributed by atoms with Crippen molar-refractivity contribution in [3.63, 3.8) is 0 Å². The van der Waals surface area contributed by atoms with E-state index in [4.69, 9.17) is 7.64 Å². The normalized spacial score (nSPS) is 9.25. The molecule has 0 fully saturated rings. The summed E-state index contributed by atoms with van der Waals surface area (Å²) in [5.74, 6) is 1.63. The van der Waals surface area contributed by atoms with Crippen LogP contribution in [-0.4, -0.2) is 0 Å². The Morgan fingerprint density at radius 3 is 1.38 bits per heavy atom. The summed E-state index contributed by atoms with van der Waals surface area (Å²) in [5.41, 5.74) is 0. The van der Waals surface area contributed by atoms with E-state index in [0.29, 0.717) is 0 Å². The van der Waals surface area contributed by atoms with Gasteiger partial charge in [-0.05, 0) is 0 Å². The van der Waals surface area contributed by atoms with E-state index in [-0.39, 0.29) is 28.0 Å². The molecule has 0 aliphatic heterocycles. The molecule has 2 rings (SSSR count). The van der Waals surface area contributed by atoms with Crippen LogP contribution >= 0.6 is 12.4 Å². The average molecular weight is 279 g/mol. The Balaban J connectivity index is 0.00000128. The van der Waals surface area contributed by atoms with Crippen molar-refractivity contribution < 1.29 is 23.3 Å². The summed E-state index contributed by atoms with van der Waals surface area (Å²) >= 11 is 0.230. The molecule has 2 aromatic rings. The molecule has 0 aliphatic rings. The topological polar surface area (TPSA) is 18.5 Å². The van der Waals surface area contributed by atoms with Gasteiger partial charge in [-0.1, -0.05) is 0 Å². The van der Waals surface area contributed by atoms with Crippen LogP contribution in [0.4, 0.5) is 0 Å². The molecule has 16 heavy (non-hydrogen) atoms. The van der Waals surface area contributed by atoms with Crippen molar-refractivity contribution in [1.82, 2.24) is 0 Å². The summed E-state index contributed by atoms with van der Waals surface area (Å²) < 4.78 is 10.8. The van der Waals surface area contributed by atoms with Crippen molar-refractivity contribution in [2.45, 2.75) is 0 Å². The first-order chi connectivity index (χ1) is 7.45. The molecule has 0 atom stereocenters. The van der Waals surface area contributed by atoms with Gasteiger partial charge in [-0.15, -0.1) is 12.4 Å². The van der Waals surface area contributed by atoms with Gasteiger partial charge in [0.2, 0.25) is 0 Å². The van der Waals surface area contributed by atoms with Gasteiger partial charge in [0.25, 0.3) is 0 Å². The van der Waals surface area contributed by atoms with Gasteiger partial charge in [-0.25, -0.2) is 0 Å². The standard InChI is InChI=1S/2C6H6O.ClH.Fe/c2*7-6-4-2-1-3-5-6;;/h2*1-5,7H;1H;/q;;;+2/p-2. The molecule has 4 heteroatoms. The van der Waals surface area contributed by atoms with Gasteiger partial charge in [0.05, 0.1) is 0 Å². The molecule has 0 aliphatic carbocycles. The predicted octanol–water partition coefficient (Wildman–Crippen LogP) is 3.48. The van der Waals surface area contributed by atoms with Crippen LogP contribution in [0, 0.1) is 0 Å². The molecule has 0 heterocycles. The zero-order valence-corrected chi connectivity index (χ0v) is 10.3. The molecule has 0 N–H and O–H groups in total. The van der Waals surface area contributed by atoms with Gasteiger partial charge in [0.1, 0.15) is 0 Å². The van der Waals surface area contributed by atoms with E-state index in [1.54, 1.807) is 0 Å². The number of benzene rings is 2. The second-order valence-corrected chi connectivity index (χ2v) is 3.46. The molecule has 86 valence electrons. The summed E-state index contributed by atoms with van der Waals surface area (Å²) in [7, 11) is 0. The van der Waals surface area contributed by atoms with Crippen molar-refractivity contribution in [2.24, 2.45) is 0 Å². The van der Waals surface area contributed by atoms with Crippen LogP contribution in [0.5, 0.6) is 11.5 Å². The SMILES string of the molecule is Cl.c1ccc([O][Fe][O]c2ccccc2)cc1. The number of hydrogen-bond acceptors (Lipinski definition) is 2. The minimum atomic E-state index is 0. The van der Waals surface area contributed by atoms with Crippen LogP contribution in [0.15, 0.2) is 60.7 Å². The zero-order valence-electron chi connectivity index (χ0n) is 8.35. The minimum absolute atomic E-state index is 0. The maximum absolute atomic E-state index is 5.39. The van der Waals surface area contributed by atoms with Crippen LogP contribution in [0.3, 0.4) is 0 Å². The van der Waals surface area contributed by atoms with E-state index in [9.17, 15) is 0 Å². The number of rotatable bonds is 4. The Labute approximate surface area is 108 Å². The van der Waals surface area contributed by atoms with Crippen LogP contribution in [0.2, 0.25) is 0 Å². The first-order valence-corrected chi connectivity index (χ1v) is 5.42. The van der Waals surface area contributed by atoms with Gasteiger partial charge in [-0.2, -0.15) is 0 Å². The first-order valence-electron chi connectivity index (χ1n) is 4.52. The fourth-order valence-electron chi connectivity index (χ4n) is 1.02. The average Bonchev–Trinajstić information content (AvgIpc) is 2.32. The molecule has 0 unspecified atom stereocenters.